The van der Waals surface area contributed by atoms with E-state index in [0.29, 0.717) is 31.1 Å². The molecule has 8 heteroatoms. The van der Waals surface area contributed by atoms with E-state index < -0.39 is 24.2 Å². The summed E-state index contributed by atoms with van der Waals surface area (Å²) in [4.78, 5) is 13.2. The van der Waals surface area contributed by atoms with Crippen LogP contribution in [-0.4, -0.2) is 56.8 Å². The summed E-state index contributed by atoms with van der Waals surface area (Å²) in [5, 5.41) is 14.2. The third-order valence-corrected chi connectivity index (χ3v) is 7.64. The molecule has 3 aromatic rings. The topological polar surface area (TPSA) is 95.5 Å². The Morgan fingerprint density at radius 1 is 0.947 bits per heavy atom. The fraction of sp³-hybridized carbons (Fsp3) is 0.367. The molecule has 0 spiro atoms. The number of amides is 1. The van der Waals surface area contributed by atoms with Crippen LogP contribution in [0.5, 0.6) is 5.75 Å². The fourth-order valence-corrected chi connectivity index (χ4v) is 5.47. The lowest BCUT2D eigenvalue weighted by Gasteiger charge is -2.53. The van der Waals surface area contributed by atoms with E-state index in [0.717, 1.165) is 22.3 Å². The second-order valence-corrected chi connectivity index (χ2v) is 10.4. The molecule has 3 saturated heterocycles. The Bertz CT molecular complexity index is 1250. The third kappa shape index (κ3) is 4.33. The normalized spacial score (nSPS) is 25.2. The number of hydrogen-bond donors (Lipinski definition) is 2. The number of rotatable bonds is 7. The number of methoxy groups -OCH3 is 1. The van der Waals surface area contributed by atoms with Crippen LogP contribution in [0.25, 0.3) is 11.1 Å². The van der Waals surface area contributed by atoms with Gasteiger partial charge in [-0.2, -0.15) is 0 Å². The van der Waals surface area contributed by atoms with Crippen LogP contribution in [0.3, 0.4) is 0 Å². The highest BCUT2D eigenvalue weighted by Gasteiger charge is 2.57. The Labute approximate surface area is 221 Å². The second kappa shape index (κ2) is 9.71. The first-order chi connectivity index (χ1) is 18.4. The number of hydrogen-bond acceptors (Lipinski definition) is 7. The number of ether oxygens (including phenoxy) is 5. The van der Waals surface area contributed by atoms with E-state index in [1.54, 1.807) is 31.4 Å². The van der Waals surface area contributed by atoms with Crippen molar-refractivity contribution in [2.24, 2.45) is 5.41 Å². The molecule has 0 aromatic heterocycles. The van der Waals surface area contributed by atoms with Crippen LogP contribution < -0.4 is 10.1 Å². The van der Waals surface area contributed by atoms with Gasteiger partial charge in [-0.25, -0.2) is 4.79 Å². The van der Waals surface area contributed by atoms with Crippen molar-refractivity contribution in [3.8, 4) is 16.9 Å². The predicted molar refractivity (Wildman–Crippen MR) is 139 cm³/mol. The van der Waals surface area contributed by atoms with Gasteiger partial charge in [-0.15, -0.1) is 0 Å². The van der Waals surface area contributed by atoms with Crippen molar-refractivity contribution in [2.75, 3.05) is 33.5 Å². The van der Waals surface area contributed by atoms with Crippen LogP contribution >= 0.6 is 0 Å². The van der Waals surface area contributed by atoms with Crippen LogP contribution in [0.1, 0.15) is 35.6 Å². The van der Waals surface area contributed by atoms with Crippen LogP contribution in [0.4, 0.5) is 4.79 Å². The minimum atomic E-state index is -1.64. The summed E-state index contributed by atoms with van der Waals surface area (Å²) in [5.41, 5.74) is 4.78. The minimum absolute atomic E-state index is 0.0925. The van der Waals surface area contributed by atoms with Gasteiger partial charge >= 0.3 is 12.1 Å². The number of aliphatic hydroxyl groups excluding tert-OH is 1. The molecule has 3 aromatic carbocycles. The molecular formula is C30H31NO7. The molecule has 0 unspecified atom stereocenters. The molecule has 3 aliphatic heterocycles. The van der Waals surface area contributed by atoms with Crippen LogP contribution in [-0.2, 0) is 18.9 Å². The first-order valence-corrected chi connectivity index (χ1v) is 12.8. The van der Waals surface area contributed by atoms with Gasteiger partial charge in [0.2, 0.25) is 0 Å². The van der Waals surface area contributed by atoms with Gasteiger partial charge in [0.05, 0.1) is 26.9 Å². The van der Waals surface area contributed by atoms with E-state index in [1.807, 2.05) is 31.2 Å². The van der Waals surface area contributed by atoms with Gasteiger partial charge in [0.25, 0.3) is 0 Å². The zero-order valence-corrected chi connectivity index (χ0v) is 21.4. The highest BCUT2D eigenvalue weighted by Crippen LogP contribution is 2.45. The minimum Gasteiger partial charge on any atom is -0.497 e. The number of carbonyl (C=O) groups excluding carboxylic acids is 1. The standard InChI is InChI=1S/C30H31NO7/c1-29-16-36-30(37-17-29,38-18-29)27(26(32)19-11-13-20(34-2)14-12-19)31-28(33)35-15-25-23-9-5-3-7-21(23)22-8-4-6-10-24(22)25/h3-14,25-27,32H,15-18H2,1-2H3,(H,31,33)/t26-,27+,29?,30?/m1/s1. The summed E-state index contributed by atoms with van der Waals surface area (Å²) in [6.07, 6.45) is -1.91. The highest BCUT2D eigenvalue weighted by atomic mass is 16.9. The molecule has 1 amide bonds. The third-order valence-electron chi connectivity index (χ3n) is 7.64. The molecule has 3 fully saturated rings. The van der Waals surface area contributed by atoms with E-state index in [9.17, 15) is 9.90 Å². The van der Waals surface area contributed by atoms with Gasteiger partial charge in [0, 0.05) is 11.3 Å². The maximum atomic E-state index is 13.2. The van der Waals surface area contributed by atoms with Gasteiger partial charge in [-0.3, -0.25) is 0 Å². The van der Waals surface area contributed by atoms with Crippen LogP contribution in [0, 0.1) is 5.41 Å². The van der Waals surface area contributed by atoms with Gasteiger partial charge in [0.1, 0.15) is 24.5 Å². The molecule has 1 aliphatic carbocycles. The Morgan fingerprint density at radius 2 is 1.50 bits per heavy atom. The monoisotopic (exact) mass is 517 g/mol. The van der Waals surface area contributed by atoms with Crippen molar-refractivity contribution in [3.63, 3.8) is 0 Å². The van der Waals surface area contributed by atoms with Crippen LogP contribution in [0.15, 0.2) is 72.8 Å². The molecule has 38 heavy (non-hydrogen) atoms. The van der Waals surface area contributed by atoms with E-state index in [4.69, 9.17) is 23.7 Å². The maximum Gasteiger partial charge on any atom is 0.407 e. The predicted octanol–water partition coefficient (Wildman–Crippen LogP) is 4.37. The van der Waals surface area contributed by atoms with E-state index in [2.05, 4.69) is 29.6 Å². The molecule has 3 heterocycles. The average molecular weight is 518 g/mol. The molecule has 4 aliphatic rings. The Morgan fingerprint density at radius 3 is 2.05 bits per heavy atom. The van der Waals surface area contributed by atoms with Crippen molar-refractivity contribution in [1.29, 1.82) is 0 Å². The molecule has 0 saturated carbocycles. The molecule has 2 atom stereocenters. The quantitative estimate of drug-likeness (QED) is 0.481. The lowest BCUT2D eigenvalue weighted by atomic mass is 9.90. The molecule has 8 nitrogen and oxygen atoms in total. The van der Waals surface area contributed by atoms with Gasteiger partial charge in [-0.05, 0) is 39.9 Å². The van der Waals surface area contributed by atoms with Crippen molar-refractivity contribution < 1.29 is 33.6 Å². The Kier molecular flexibility index (Phi) is 6.36. The molecule has 2 N–H and O–H groups in total. The van der Waals surface area contributed by atoms with Gasteiger partial charge < -0.3 is 34.1 Å². The average Bonchev–Trinajstić information content (AvgIpc) is 3.29. The zero-order chi connectivity index (χ0) is 26.3. The zero-order valence-electron chi connectivity index (χ0n) is 21.4. The van der Waals surface area contributed by atoms with E-state index >= 15 is 0 Å². The SMILES string of the molecule is COc1ccc([C@@H](O)[C@H](NC(=O)OCC2c3ccccc3-c3ccccc32)C23OCC(C)(CO2)CO3)cc1. The second-order valence-electron chi connectivity index (χ2n) is 10.4. The molecule has 198 valence electrons. The lowest BCUT2D eigenvalue weighted by Crippen LogP contribution is -2.68. The van der Waals surface area contributed by atoms with Gasteiger partial charge in [0.15, 0.2) is 0 Å². The largest absolute Gasteiger partial charge is 0.497 e. The van der Waals surface area contributed by atoms with Crippen LogP contribution in [0.2, 0.25) is 0 Å². The summed E-state index contributed by atoms with van der Waals surface area (Å²) in [5.74, 6) is -1.08. The molecule has 0 radical (unpaired) electrons. The number of nitrogens with one attached hydrogen (secondary N) is 1. The highest BCUT2D eigenvalue weighted by molar-refractivity contribution is 5.79. The first-order valence-electron chi connectivity index (χ1n) is 12.8. The number of alkyl carbamates (subject to hydrolysis) is 1. The van der Waals surface area contributed by atoms with Gasteiger partial charge in [-0.1, -0.05) is 67.6 Å². The van der Waals surface area contributed by atoms with Crippen molar-refractivity contribution in [1.82, 2.24) is 5.32 Å². The molecule has 2 bridgehead atoms. The molecular weight excluding hydrogens is 486 g/mol. The maximum absolute atomic E-state index is 13.2. The Balaban J connectivity index is 1.22. The van der Waals surface area contributed by atoms with E-state index in [-0.39, 0.29) is 17.9 Å². The summed E-state index contributed by atoms with van der Waals surface area (Å²) in [6.45, 7) is 3.28. The summed E-state index contributed by atoms with van der Waals surface area (Å²) < 4.78 is 29.0. The summed E-state index contributed by atoms with van der Waals surface area (Å²) in [7, 11) is 1.57. The number of fused-ring (bicyclic) bond motifs is 6. The smallest absolute Gasteiger partial charge is 0.407 e. The Hall–Kier alpha value is -3.43. The number of benzene rings is 3. The first kappa shape index (κ1) is 24.9. The number of carbonyl (C=O) groups is 1. The summed E-state index contributed by atoms with van der Waals surface area (Å²) >= 11 is 0. The van der Waals surface area contributed by atoms with Crippen molar-refractivity contribution in [2.45, 2.75) is 31.0 Å². The summed E-state index contributed by atoms with van der Waals surface area (Å²) in [6, 6.07) is 22.1. The number of aliphatic hydroxyl groups is 1. The van der Waals surface area contributed by atoms with Crippen molar-refractivity contribution in [3.05, 3.63) is 89.5 Å². The molecule has 7 rings (SSSR count). The van der Waals surface area contributed by atoms with E-state index in [1.165, 1.54) is 0 Å². The van der Waals surface area contributed by atoms with Crippen molar-refractivity contribution >= 4 is 6.09 Å². The fourth-order valence-electron chi connectivity index (χ4n) is 5.47. The lowest BCUT2D eigenvalue weighted by molar-refractivity contribution is -0.478.